The minimum atomic E-state index is -0.347. The second-order valence-corrected chi connectivity index (χ2v) is 2.15. The first-order chi connectivity index (χ1) is 3.95. The van der Waals surface area contributed by atoms with Gasteiger partial charge in [-0.25, -0.2) is 0 Å². The Balaban J connectivity index is 2.03. The molecule has 0 aromatic heterocycles. The Morgan fingerprint density at radius 2 is 1.50 bits per heavy atom. The van der Waals surface area contributed by atoms with Crippen molar-refractivity contribution in [3.63, 3.8) is 0 Å². The Labute approximate surface area is 48.1 Å². The van der Waals surface area contributed by atoms with Crippen LogP contribution in [0.4, 0.5) is 0 Å². The first kappa shape index (κ1) is 4.79. The van der Waals surface area contributed by atoms with Gasteiger partial charge in [-0.3, -0.25) is 0 Å². The third kappa shape index (κ3) is 0.651. The summed E-state index contributed by atoms with van der Waals surface area (Å²) < 4.78 is 15.1. The molecule has 0 aromatic rings. The summed E-state index contributed by atoms with van der Waals surface area (Å²) in [5.41, 5.74) is 0. The molecule has 44 valence electrons. The van der Waals surface area contributed by atoms with Crippen LogP contribution in [-0.4, -0.2) is 27.1 Å². The van der Waals surface area contributed by atoms with Crippen molar-refractivity contribution in [2.45, 2.75) is 0 Å². The fourth-order valence-electron chi connectivity index (χ4n) is 0.933. The lowest BCUT2D eigenvalue weighted by molar-refractivity contribution is -0.0540. The normalized spacial score (nSPS) is 29.2. The number of hydrogen-bond donors (Lipinski definition) is 0. The van der Waals surface area contributed by atoms with Crippen LogP contribution in [0, 0.1) is 5.92 Å². The minimum absolute atomic E-state index is 0.347. The van der Waals surface area contributed by atoms with E-state index < -0.39 is 0 Å². The maximum absolute atomic E-state index is 5.03. The molecule has 0 radical (unpaired) electrons. The molecule has 0 amide bonds. The highest BCUT2D eigenvalue weighted by Gasteiger charge is 2.35. The summed E-state index contributed by atoms with van der Waals surface area (Å²) in [6, 6.07) is 0. The molecular formula is C4H7BO3. The lowest BCUT2D eigenvalue weighted by Gasteiger charge is -2.32. The summed E-state index contributed by atoms with van der Waals surface area (Å²) >= 11 is 0. The van der Waals surface area contributed by atoms with Gasteiger partial charge in [0, 0.05) is 25.7 Å². The Morgan fingerprint density at radius 1 is 1.00 bits per heavy atom. The Hall–Kier alpha value is -0.0551. The fraction of sp³-hybridized carbons (Fsp3) is 1.00. The average molecular weight is 114 g/mol. The molecule has 3 fully saturated rings. The third-order valence-electron chi connectivity index (χ3n) is 1.40. The molecule has 2 bridgehead atoms. The van der Waals surface area contributed by atoms with Gasteiger partial charge < -0.3 is 14.0 Å². The van der Waals surface area contributed by atoms with Crippen LogP contribution in [0.2, 0.25) is 0 Å². The molecule has 0 aromatic carbocycles. The standard InChI is InChI=1S/C4H7BO3/c1-4-2-7-5(6-1)8-3-4/h4H,1-3H2. The van der Waals surface area contributed by atoms with Crippen LogP contribution < -0.4 is 0 Å². The van der Waals surface area contributed by atoms with E-state index in [4.69, 9.17) is 14.0 Å². The van der Waals surface area contributed by atoms with Crippen molar-refractivity contribution < 1.29 is 14.0 Å². The van der Waals surface area contributed by atoms with Crippen molar-refractivity contribution in [2.24, 2.45) is 5.92 Å². The third-order valence-corrected chi connectivity index (χ3v) is 1.40. The lowest BCUT2D eigenvalue weighted by atomic mass is 10.0. The number of hydrogen-bond acceptors (Lipinski definition) is 3. The lowest BCUT2D eigenvalue weighted by Crippen LogP contribution is -2.46. The van der Waals surface area contributed by atoms with Gasteiger partial charge in [-0.05, 0) is 0 Å². The molecule has 3 aliphatic rings. The molecule has 0 atom stereocenters. The molecule has 0 spiro atoms. The minimum Gasteiger partial charge on any atom is -0.385 e. The van der Waals surface area contributed by atoms with Gasteiger partial charge in [-0.2, -0.15) is 0 Å². The molecule has 3 rings (SSSR count). The number of fused-ring (bicyclic) bond motifs is 3. The monoisotopic (exact) mass is 114 g/mol. The maximum Gasteiger partial charge on any atom is 0.639 e. The van der Waals surface area contributed by atoms with Gasteiger partial charge in [-0.1, -0.05) is 0 Å². The van der Waals surface area contributed by atoms with E-state index in [1.165, 1.54) is 0 Å². The van der Waals surface area contributed by atoms with Crippen LogP contribution in [0.25, 0.3) is 0 Å². The van der Waals surface area contributed by atoms with E-state index in [0.29, 0.717) is 5.92 Å². The molecule has 3 aliphatic heterocycles. The highest BCUT2D eigenvalue weighted by Crippen LogP contribution is 2.16. The van der Waals surface area contributed by atoms with E-state index >= 15 is 0 Å². The van der Waals surface area contributed by atoms with Crippen LogP contribution in [0.5, 0.6) is 0 Å². The summed E-state index contributed by atoms with van der Waals surface area (Å²) in [7, 11) is -0.347. The van der Waals surface area contributed by atoms with Gasteiger partial charge in [0.25, 0.3) is 0 Å². The second kappa shape index (κ2) is 1.72. The van der Waals surface area contributed by atoms with Crippen LogP contribution in [0.3, 0.4) is 0 Å². The van der Waals surface area contributed by atoms with E-state index in [1.807, 2.05) is 0 Å². The molecule has 3 nitrogen and oxygen atoms in total. The Kier molecular flexibility index (Phi) is 1.03. The van der Waals surface area contributed by atoms with Crippen molar-refractivity contribution in [2.75, 3.05) is 19.8 Å². The summed E-state index contributed by atoms with van der Waals surface area (Å²) in [6.45, 7) is 2.43. The van der Waals surface area contributed by atoms with E-state index in [9.17, 15) is 0 Å². The van der Waals surface area contributed by atoms with Crippen LogP contribution >= 0.6 is 0 Å². The summed E-state index contributed by atoms with van der Waals surface area (Å²) in [4.78, 5) is 0. The zero-order valence-electron chi connectivity index (χ0n) is 4.50. The van der Waals surface area contributed by atoms with Gasteiger partial charge in [0.15, 0.2) is 0 Å². The Bertz CT molecular complexity index is 66.3. The van der Waals surface area contributed by atoms with E-state index in [0.717, 1.165) is 19.8 Å². The highest BCUT2D eigenvalue weighted by atomic mass is 16.8. The molecule has 0 saturated carbocycles. The van der Waals surface area contributed by atoms with Gasteiger partial charge >= 0.3 is 7.32 Å². The molecule has 0 N–H and O–H groups in total. The van der Waals surface area contributed by atoms with Gasteiger partial charge in [0.2, 0.25) is 0 Å². The van der Waals surface area contributed by atoms with Crippen molar-refractivity contribution in [3.05, 3.63) is 0 Å². The molecule has 3 saturated heterocycles. The van der Waals surface area contributed by atoms with E-state index in [-0.39, 0.29) is 7.32 Å². The topological polar surface area (TPSA) is 27.7 Å². The molecule has 0 unspecified atom stereocenters. The van der Waals surface area contributed by atoms with E-state index in [2.05, 4.69) is 0 Å². The largest absolute Gasteiger partial charge is 0.639 e. The molecule has 8 heavy (non-hydrogen) atoms. The van der Waals surface area contributed by atoms with Crippen molar-refractivity contribution in [1.29, 1.82) is 0 Å². The SMILES string of the molecule is C1OB2OCC1CO2. The van der Waals surface area contributed by atoms with Crippen LogP contribution in [0.1, 0.15) is 0 Å². The molecular weight excluding hydrogens is 107 g/mol. The van der Waals surface area contributed by atoms with Crippen molar-refractivity contribution in [3.8, 4) is 0 Å². The van der Waals surface area contributed by atoms with Crippen molar-refractivity contribution >= 4 is 7.32 Å². The summed E-state index contributed by atoms with van der Waals surface area (Å²) in [6.07, 6.45) is 0. The highest BCUT2D eigenvalue weighted by molar-refractivity contribution is 6.36. The number of rotatable bonds is 0. The zero-order chi connectivity index (χ0) is 5.40. The molecule has 4 heteroatoms. The Morgan fingerprint density at radius 3 is 1.62 bits per heavy atom. The first-order valence-electron chi connectivity index (χ1n) is 2.80. The smallest absolute Gasteiger partial charge is 0.385 e. The first-order valence-corrected chi connectivity index (χ1v) is 2.80. The van der Waals surface area contributed by atoms with Gasteiger partial charge in [-0.15, -0.1) is 0 Å². The van der Waals surface area contributed by atoms with Crippen LogP contribution in [0.15, 0.2) is 0 Å². The van der Waals surface area contributed by atoms with Crippen LogP contribution in [-0.2, 0) is 14.0 Å². The quantitative estimate of drug-likeness (QED) is 0.403. The van der Waals surface area contributed by atoms with Crippen molar-refractivity contribution in [1.82, 2.24) is 0 Å². The average Bonchev–Trinajstić information content (AvgIpc) is 1.92. The summed E-state index contributed by atoms with van der Waals surface area (Å²) in [5, 5.41) is 0. The predicted molar refractivity (Wildman–Crippen MR) is 27.1 cm³/mol. The van der Waals surface area contributed by atoms with Gasteiger partial charge in [0.05, 0.1) is 0 Å². The second-order valence-electron chi connectivity index (χ2n) is 2.15. The van der Waals surface area contributed by atoms with Gasteiger partial charge in [0.1, 0.15) is 0 Å². The maximum atomic E-state index is 5.03. The predicted octanol–water partition coefficient (Wildman–Crippen LogP) is -0.336. The fourth-order valence-corrected chi connectivity index (χ4v) is 0.933. The summed E-state index contributed by atoms with van der Waals surface area (Å²) in [5.74, 6) is 0.486. The molecule has 3 heterocycles. The van der Waals surface area contributed by atoms with E-state index in [1.54, 1.807) is 0 Å². The zero-order valence-corrected chi connectivity index (χ0v) is 4.50. The molecule has 0 aliphatic carbocycles.